The number of imide groups is 2. The third kappa shape index (κ3) is 25.0. The maximum atomic E-state index is 13.7. The number of anilines is 2. The predicted molar refractivity (Wildman–Crippen MR) is 397 cm³/mol. The van der Waals surface area contributed by atoms with Crippen LogP contribution < -0.4 is 163 Å². The van der Waals surface area contributed by atoms with Crippen molar-refractivity contribution in [3.8, 4) is 22.6 Å². The number of carbonyl (C=O) groups is 7. The number of carbonyl (C=O) groups excluding carboxylic acids is 7. The Morgan fingerprint density at radius 1 is 0.680 bits per heavy atom. The monoisotopic (exact) mass is 1980 g/mol. The van der Waals surface area contributed by atoms with Gasteiger partial charge in [0.1, 0.15) is 24.7 Å². The summed E-state index contributed by atoms with van der Waals surface area (Å²) < 4.78 is 86.7. The van der Waals surface area contributed by atoms with Crippen molar-refractivity contribution in [1.29, 1.82) is 0 Å². The Morgan fingerprint density at radius 2 is 1.09 bits per heavy atom. The van der Waals surface area contributed by atoms with Crippen LogP contribution in [0.3, 0.4) is 0 Å². The molecule has 6 amide bonds. The van der Waals surface area contributed by atoms with Crippen molar-refractivity contribution in [1.82, 2.24) is 30.4 Å². The van der Waals surface area contributed by atoms with Gasteiger partial charge in [-0.05, 0) is 121 Å². The molecule has 2 saturated heterocycles. The van der Waals surface area contributed by atoms with E-state index in [-0.39, 0.29) is 238 Å². The number of aryl methyl sites for hydroxylation is 2. The van der Waals surface area contributed by atoms with Gasteiger partial charge in [-0.25, -0.2) is 36.2 Å². The maximum Gasteiger partial charge on any atom is 1.00 e. The molecule has 0 aliphatic carbocycles. The van der Waals surface area contributed by atoms with Crippen LogP contribution in [0.2, 0.25) is 0 Å². The van der Waals surface area contributed by atoms with E-state index in [2.05, 4.69) is 46.1 Å². The molecule has 0 radical (unpaired) electrons. The first-order valence-corrected chi connectivity index (χ1v) is 38.4. The molecule has 0 bridgehead atoms. The van der Waals surface area contributed by atoms with Gasteiger partial charge in [0, 0.05) is 51.3 Å². The number of halogens is 3. The van der Waals surface area contributed by atoms with Crippen LogP contribution in [0, 0.1) is 32.8 Å². The number of ether oxygens (including phenoxy) is 4. The molecule has 34 heteroatoms. The van der Waals surface area contributed by atoms with E-state index in [0.29, 0.717) is 72.0 Å². The Bertz CT molecular complexity index is 4460. The predicted octanol–water partition coefficient (Wildman–Crippen LogP) is 3.87. The van der Waals surface area contributed by atoms with E-state index < -0.39 is 50.1 Å². The molecule has 542 valence electrons. The van der Waals surface area contributed by atoms with Crippen molar-refractivity contribution in [2.75, 3.05) is 88.2 Å². The van der Waals surface area contributed by atoms with Crippen molar-refractivity contribution < 1.29 is 228 Å². The van der Waals surface area contributed by atoms with Crippen LogP contribution in [0.1, 0.15) is 70.1 Å². The molecule has 3 N–H and O–H groups in total. The Balaban J connectivity index is 0.000000345. The molecule has 0 spiro atoms. The number of hydrogen-bond donors (Lipinski definition) is 3. The number of benzene rings is 4. The molecule has 4 atom stereocenters. The maximum absolute atomic E-state index is 13.7. The van der Waals surface area contributed by atoms with Crippen molar-refractivity contribution in [2.45, 2.75) is 64.5 Å². The van der Waals surface area contributed by atoms with Crippen LogP contribution >= 0.6 is 61.1 Å². The average Bonchev–Trinajstić information content (AvgIpc) is 1.62. The van der Waals surface area contributed by atoms with Crippen LogP contribution in [-0.2, 0) is 71.1 Å². The molecule has 0 unspecified atom stereocenters. The minimum Gasteiger partial charge on any atom is -1.00 e. The molecule has 2 aliphatic heterocycles. The minimum atomic E-state index is -3.84. The van der Waals surface area contributed by atoms with Gasteiger partial charge in [-0.15, -0.1) is 0 Å². The topological polar surface area (TPSA) is 355 Å². The Labute approximate surface area is 752 Å². The molecule has 0 saturated carbocycles. The quantitative estimate of drug-likeness (QED) is 0.0228. The fraction of sp³-hybridized carbons (Fsp3) is 0.348. The molecule has 10 rings (SSSR count). The van der Waals surface area contributed by atoms with Crippen LogP contribution in [0.4, 0.5) is 21.2 Å². The Kier molecular flexibility index (Phi) is 37.6. The molecule has 4 aromatic heterocycles. The molecule has 2 aliphatic rings. The summed E-state index contributed by atoms with van der Waals surface area (Å²) >= 11 is 7.34. The SMILES string of the molecule is CNC(=O)c1c(-c2ccc(C)cc2)oc2nc(N(CCC[C@H](COC)C(=O)N3C(=O)OC[C@@H]3Cc3ccccc3)S(C)(=O)=O)c(I)cc12.CNC(=O)c1c(-c2ccc(C)cc2)oc2nc(NS(C)(=O)=O)c(I)cc12.COC[C@@H](CCCBr)C(=O)N1C(=O)OC[C@@H]1Cc1ccccc1.O=CO[O-].[Cs+].[Cs+].[H-]. The molecule has 103 heavy (non-hydrogen) atoms. The average molecular weight is 1990 g/mol. The third-order valence-corrected chi connectivity index (χ3v) is 19.7. The van der Waals surface area contributed by atoms with E-state index in [1.165, 1.54) is 30.4 Å². The third-order valence-electron chi connectivity index (χ3n) is 15.8. The van der Waals surface area contributed by atoms with Gasteiger partial charge in [0.05, 0.1) is 78.7 Å². The molecule has 27 nitrogen and oxygen atoms in total. The summed E-state index contributed by atoms with van der Waals surface area (Å²) in [6, 6.07) is 37.1. The standard InChI is InChI=1S/C34H37IN4O8S.C17H22BrNO4.C17H16IN3O4S.CH2O3.2Cs.H/c1-21-12-14-23(15-13-21)29-28(31(40)36-2)26-18-27(35)30(37-32(26)47-29)38(48(4,43)44)16-8-11-24(19-45-3)33(41)39-25(20-46-34(39)42)17-22-9-6-5-7-10-22;1-22-11-14(8-5-9-18)16(20)19-15(12-23-17(19)21)10-13-6-3-2-4-7-13;1-9-4-6-10(7-5-9)14-13(16(22)19-2)11-8-12(18)15(20-17(11)25-14)21-26(3,23)24;2-1-4-3;;;/h5-7,9-10,12-15,18,24-25H,8,11,16-17,19-20H2,1-4H3,(H,36,40);2-4,6-7,14-15H,5,8-12H2,1H3;4-8H,1-3H3,(H,19,22)(H,20,21);1,3H;;;/q;;;;2*+1;-1/p-1/t24-,25+;14-,15+;;;;;/m11...../s1. The largest absolute Gasteiger partial charge is 1.00 e. The Hall–Kier alpha value is -4.03. The van der Waals surface area contributed by atoms with Crippen LogP contribution in [0.25, 0.3) is 44.8 Å². The summed E-state index contributed by atoms with van der Waals surface area (Å²) in [6.07, 6.45) is 3.96. The van der Waals surface area contributed by atoms with E-state index >= 15 is 0 Å². The van der Waals surface area contributed by atoms with Crippen molar-refractivity contribution >= 4 is 157 Å². The fourth-order valence-electron chi connectivity index (χ4n) is 11.0. The fourth-order valence-corrected chi connectivity index (χ4v) is 14.4. The Morgan fingerprint density at radius 3 is 1.47 bits per heavy atom. The van der Waals surface area contributed by atoms with Gasteiger partial charge in [0.2, 0.25) is 43.3 Å². The number of nitrogens with one attached hydrogen (secondary N) is 3. The van der Waals surface area contributed by atoms with E-state index in [1.54, 1.807) is 19.2 Å². The van der Waals surface area contributed by atoms with Gasteiger partial charge in [0.15, 0.2) is 11.6 Å². The molecule has 8 aromatic rings. The number of nitrogens with zero attached hydrogens (tertiary/aromatic N) is 5. The van der Waals surface area contributed by atoms with Crippen LogP contribution in [-0.4, -0.2) is 170 Å². The summed E-state index contributed by atoms with van der Waals surface area (Å²) in [6.45, 7) is 4.42. The smallest absolute Gasteiger partial charge is 1.00 e. The first-order chi connectivity index (χ1) is 48.2. The number of amides is 6. The summed E-state index contributed by atoms with van der Waals surface area (Å²) in [5.41, 5.74) is 6.54. The van der Waals surface area contributed by atoms with E-state index in [1.807, 2.05) is 168 Å². The van der Waals surface area contributed by atoms with E-state index in [4.69, 9.17) is 37.8 Å². The zero-order valence-electron chi connectivity index (χ0n) is 59.4. The number of cyclic esters (lactones) is 2. The number of fused-ring (bicyclic) bond motifs is 2. The first-order valence-electron chi connectivity index (χ1n) is 31.3. The summed E-state index contributed by atoms with van der Waals surface area (Å²) in [4.78, 5) is 99.2. The number of rotatable bonds is 26. The van der Waals surface area contributed by atoms with Crippen LogP contribution in [0.5, 0.6) is 0 Å². The van der Waals surface area contributed by atoms with E-state index in [9.17, 15) is 45.6 Å². The number of furan rings is 2. The summed E-state index contributed by atoms with van der Waals surface area (Å²) in [5, 5.41) is 15.5. The minimum absolute atomic E-state index is 0. The number of aromatic nitrogens is 2. The zero-order chi connectivity index (χ0) is 73.7. The van der Waals surface area contributed by atoms with Gasteiger partial charge in [0.25, 0.3) is 18.3 Å². The van der Waals surface area contributed by atoms with E-state index in [0.717, 1.165) is 57.0 Å². The van der Waals surface area contributed by atoms with Gasteiger partial charge in [-0.2, -0.15) is 9.97 Å². The van der Waals surface area contributed by atoms with Crippen LogP contribution in [0.15, 0.2) is 130 Å². The second kappa shape index (κ2) is 43.2. The van der Waals surface area contributed by atoms with Gasteiger partial charge < -0.3 is 50.0 Å². The van der Waals surface area contributed by atoms with Gasteiger partial charge >= 0.3 is 150 Å². The molecule has 4 aromatic carbocycles. The summed E-state index contributed by atoms with van der Waals surface area (Å²) in [5.74, 6) is -1.32. The number of alkyl halides is 1. The number of methoxy groups -OCH3 is 2. The number of sulfonamides is 2. The molecular formula is C69H77BrCs2I2N8O19S2. The molecule has 6 heterocycles. The van der Waals surface area contributed by atoms with Crippen molar-refractivity contribution in [3.05, 3.63) is 162 Å². The second-order valence-electron chi connectivity index (χ2n) is 23.3. The zero-order valence-corrected chi connectivity index (χ0v) is 78.5. The second-order valence-corrected chi connectivity index (χ2v) is 30.0. The first kappa shape index (κ1) is 89.6. The number of pyridine rings is 2. The molecule has 2 fully saturated rings. The van der Waals surface area contributed by atoms with Crippen molar-refractivity contribution in [2.24, 2.45) is 11.8 Å². The summed E-state index contributed by atoms with van der Waals surface area (Å²) in [7, 11) is -1.23. The number of hydrogen-bond acceptors (Lipinski definition) is 21. The normalized spacial score (nSPS) is 14.5. The van der Waals surface area contributed by atoms with Crippen molar-refractivity contribution in [3.63, 3.8) is 0 Å². The molecular weight excluding hydrogens is 1910 g/mol. The van der Waals surface area contributed by atoms with Gasteiger partial charge in [-0.3, -0.25) is 33.0 Å². The van der Waals surface area contributed by atoms with Gasteiger partial charge in [-0.1, -0.05) is 136 Å².